The molecule has 1 fully saturated rings. The molecule has 5 heteroatoms. The van der Waals surface area contributed by atoms with Crippen LogP contribution in [0.2, 0.25) is 0 Å². The van der Waals surface area contributed by atoms with Crippen molar-refractivity contribution in [1.29, 1.82) is 0 Å². The summed E-state index contributed by atoms with van der Waals surface area (Å²) in [5.41, 5.74) is 0.227. The maximum Gasteiger partial charge on any atom is 0.336 e. The number of carboxylic acid groups (broad SMARTS) is 1. The minimum absolute atomic E-state index is 0.00880. The first-order valence-electron chi connectivity index (χ1n) is 5.42. The number of thiophene rings is 1. The Morgan fingerprint density at radius 1 is 1.56 bits per heavy atom. The zero-order valence-corrected chi connectivity index (χ0v) is 9.67. The third-order valence-electron chi connectivity index (χ3n) is 2.92. The summed E-state index contributed by atoms with van der Waals surface area (Å²) in [6.45, 7) is 0.898. The van der Waals surface area contributed by atoms with Crippen molar-refractivity contribution in [2.24, 2.45) is 0 Å². The molecule has 0 spiro atoms. The molecule has 3 N–H and O–H groups in total. The van der Waals surface area contributed by atoms with Gasteiger partial charge in [0.1, 0.15) is 6.10 Å². The average Bonchev–Trinajstić information content (AvgIpc) is 2.78. The van der Waals surface area contributed by atoms with E-state index < -0.39 is 12.1 Å². The number of aliphatic hydroxyl groups excluding tert-OH is 1. The summed E-state index contributed by atoms with van der Waals surface area (Å²) in [5, 5.41) is 24.1. The average molecular weight is 241 g/mol. The lowest BCUT2D eigenvalue weighted by Gasteiger charge is -2.27. The minimum atomic E-state index is -0.967. The molecule has 4 nitrogen and oxygen atoms in total. The van der Waals surface area contributed by atoms with E-state index in [0.717, 1.165) is 25.8 Å². The Kier molecular flexibility index (Phi) is 3.58. The van der Waals surface area contributed by atoms with Gasteiger partial charge >= 0.3 is 5.97 Å². The van der Waals surface area contributed by atoms with E-state index in [1.165, 1.54) is 11.3 Å². The molecule has 2 atom stereocenters. The summed E-state index contributed by atoms with van der Waals surface area (Å²) in [4.78, 5) is 11.5. The number of carboxylic acids is 1. The molecule has 1 saturated heterocycles. The van der Waals surface area contributed by atoms with Crippen molar-refractivity contribution < 1.29 is 15.0 Å². The van der Waals surface area contributed by atoms with E-state index in [1.54, 1.807) is 11.4 Å². The molecule has 1 aliphatic heterocycles. The van der Waals surface area contributed by atoms with Crippen LogP contribution < -0.4 is 5.32 Å². The van der Waals surface area contributed by atoms with Crippen LogP contribution in [0.4, 0.5) is 0 Å². The highest BCUT2D eigenvalue weighted by atomic mass is 32.1. The molecule has 0 amide bonds. The van der Waals surface area contributed by atoms with Crippen LogP contribution in [-0.2, 0) is 0 Å². The smallest absolute Gasteiger partial charge is 0.336 e. The van der Waals surface area contributed by atoms with Crippen molar-refractivity contribution in [2.45, 2.75) is 31.4 Å². The standard InChI is InChI=1S/C11H15NO3S/c13-9(8-3-1-2-5-12-8)10-7(11(14)15)4-6-16-10/h4,6,8-9,12-13H,1-3,5H2,(H,14,15). The molecule has 2 unspecified atom stereocenters. The summed E-state index contributed by atoms with van der Waals surface area (Å²) < 4.78 is 0. The fourth-order valence-corrected chi connectivity index (χ4v) is 2.99. The van der Waals surface area contributed by atoms with Crippen molar-refractivity contribution >= 4 is 17.3 Å². The zero-order chi connectivity index (χ0) is 11.5. The van der Waals surface area contributed by atoms with Crippen LogP contribution in [0, 0.1) is 0 Å². The van der Waals surface area contributed by atoms with E-state index in [0.29, 0.717) is 4.88 Å². The first-order chi connectivity index (χ1) is 7.70. The van der Waals surface area contributed by atoms with Crippen LogP contribution in [0.25, 0.3) is 0 Å². The molecule has 1 aromatic rings. The first kappa shape index (κ1) is 11.6. The van der Waals surface area contributed by atoms with E-state index in [-0.39, 0.29) is 11.6 Å². The fourth-order valence-electron chi connectivity index (χ4n) is 2.06. The van der Waals surface area contributed by atoms with Crippen molar-refractivity contribution in [3.8, 4) is 0 Å². The zero-order valence-electron chi connectivity index (χ0n) is 8.85. The lowest BCUT2D eigenvalue weighted by atomic mass is 9.97. The lowest BCUT2D eigenvalue weighted by molar-refractivity contribution is 0.0683. The van der Waals surface area contributed by atoms with Gasteiger partial charge in [-0.2, -0.15) is 0 Å². The molecular formula is C11H15NO3S. The fraction of sp³-hybridized carbons (Fsp3) is 0.545. The third-order valence-corrected chi connectivity index (χ3v) is 3.91. The van der Waals surface area contributed by atoms with Gasteiger partial charge in [0.2, 0.25) is 0 Å². The predicted octanol–water partition coefficient (Wildman–Crippen LogP) is 1.62. The molecule has 0 saturated carbocycles. The van der Waals surface area contributed by atoms with Crippen molar-refractivity contribution in [1.82, 2.24) is 5.32 Å². The molecule has 0 aliphatic carbocycles. The summed E-state index contributed by atoms with van der Waals surface area (Å²) in [7, 11) is 0. The normalized spacial score (nSPS) is 22.9. The molecule has 1 aromatic heterocycles. The monoisotopic (exact) mass is 241 g/mol. The van der Waals surface area contributed by atoms with E-state index in [1.807, 2.05) is 0 Å². The number of nitrogens with one attached hydrogen (secondary N) is 1. The van der Waals surface area contributed by atoms with Gasteiger partial charge in [0.05, 0.1) is 5.56 Å². The van der Waals surface area contributed by atoms with Crippen LogP contribution in [0.1, 0.15) is 40.6 Å². The Bertz CT molecular complexity index is 371. The second-order valence-electron chi connectivity index (χ2n) is 4.00. The largest absolute Gasteiger partial charge is 0.478 e. The highest BCUT2D eigenvalue weighted by molar-refractivity contribution is 7.10. The van der Waals surface area contributed by atoms with Crippen molar-refractivity contribution in [3.63, 3.8) is 0 Å². The third kappa shape index (κ3) is 2.26. The topological polar surface area (TPSA) is 69.6 Å². The van der Waals surface area contributed by atoms with Crippen molar-refractivity contribution in [3.05, 3.63) is 21.9 Å². The highest BCUT2D eigenvalue weighted by Gasteiger charge is 2.27. The number of aliphatic hydroxyl groups is 1. The van der Waals surface area contributed by atoms with Gasteiger partial charge in [-0.05, 0) is 30.8 Å². The molecule has 0 aromatic carbocycles. The van der Waals surface area contributed by atoms with Crippen LogP contribution in [0.3, 0.4) is 0 Å². The van der Waals surface area contributed by atoms with E-state index in [9.17, 15) is 9.90 Å². The Morgan fingerprint density at radius 3 is 3.00 bits per heavy atom. The second kappa shape index (κ2) is 4.95. The molecular weight excluding hydrogens is 226 g/mol. The van der Waals surface area contributed by atoms with Crippen LogP contribution in [-0.4, -0.2) is 28.8 Å². The highest BCUT2D eigenvalue weighted by Crippen LogP contribution is 2.29. The van der Waals surface area contributed by atoms with Gasteiger partial charge in [0.25, 0.3) is 0 Å². The van der Waals surface area contributed by atoms with E-state index in [4.69, 9.17) is 5.11 Å². The number of rotatable bonds is 3. The molecule has 0 radical (unpaired) electrons. The Hall–Kier alpha value is -0.910. The van der Waals surface area contributed by atoms with Gasteiger partial charge in [-0.3, -0.25) is 0 Å². The number of aromatic carboxylic acids is 1. The van der Waals surface area contributed by atoms with Gasteiger partial charge in [-0.1, -0.05) is 6.42 Å². The summed E-state index contributed by atoms with van der Waals surface area (Å²) in [5.74, 6) is -0.967. The number of carbonyl (C=O) groups is 1. The van der Waals surface area contributed by atoms with Crippen LogP contribution in [0.15, 0.2) is 11.4 Å². The van der Waals surface area contributed by atoms with Gasteiger partial charge in [-0.15, -0.1) is 11.3 Å². The number of hydrogen-bond acceptors (Lipinski definition) is 4. The molecule has 2 heterocycles. The Balaban J connectivity index is 2.15. The Morgan fingerprint density at radius 2 is 2.38 bits per heavy atom. The van der Waals surface area contributed by atoms with Gasteiger partial charge < -0.3 is 15.5 Å². The minimum Gasteiger partial charge on any atom is -0.478 e. The Labute approximate surface area is 97.9 Å². The maximum atomic E-state index is 10.9. The molecule has 88 valence electrons. The van der Waals surface area contributed by atoms with Gasteiger partial charge in [-0.25, -0.2) is 4.79 Å². The molecule has 16 heavy (non-hydrogen) atoms. The number of piperidine rings is 1. The maximum absolute atomic E-state index is 10.9. The summed E-state index contributed by atoms with van der Waals surface area (Å²) in [6.07, 6.45) is 2.41. The van der Waals surface area contributed by atoms with Gasteiger partial charge in [0.15, 0.2) is 0 Å². The quantitative estimate of drug-likeness (QED) is 0.752. The van der Waals surface area contributed by atoms with Crippen molar-refractivity contribution in [2.75, 3.05) is 6.54 Å². The van der Waals surface area contributed by atoms with Gasteiger partial charge in [0, 0.05) is 10.9 Å². The molecule has 2 rings (SSSR count). The summed E-state index contributed by atoms with van der Waals surface area (Å²) >= 11 is 1.31. The summed E-state index contributed by atoms with van der Waals surface area (Å²) in [6, 6.07) is 1.54. The van der Waals surface area contributed by atoms with E-state index >= 15 is 0 Å². The molecule has 1 aliphatic rings. The van der Waals surface area contributed by atoms with Crippen LogP contribution >= 0.6 is 11.3 Å². The lowest BCUT2D eigenvalue weighted by Crippen LogP contribution is -2.38. The van der Waals surface area contributed by atoms with E-state index in [2.05, 4.69) is 5.32 Å². The number of hydrogen-bond donors (Lipinski definition) is 3. The molecule has 0 bridgehead atoms. The predicted molar refractivity (Wildman–Crippen MR) is 61.9 cm³/mol. The SMILES string of the molecule is O=C(O)c1ccsc1C(O)C1CCCCN1. The van der Waals surface area contributed by atoms with Crippen LogP contribution in [0.5, 0.6) is 0 Å². The first-order valence-corrected chi connectivity index (χ1v) is 6.30. The second-order valence-corrected chi connectivity index (χ2v) is 4.95.